The maximum atomic E-state index is 9.40. The number of rotatable bonds is 6. The summed E-state index contributed by atoms with van der Waals surface area (Å²) in [5.74, 6) is 0.924. The van der Waals surface area contributed by atoms with Crippen LogP contribution in [0.2, 0.25) is 0 Å². The third kappa shape index (κ3) is 4.29. The molecule has 0 saturated heterocycles. The van der Waals surface area contributed by atoms with Crippen LogP contribution in [0.1, 0.15) is 32.0 Å². The number of hydrogen-bond donors (Lipinski definition) is 0. The lowest BCUT2D eigenvalue weighted by atomic mass is 9.98. The van der Waals surface area contributed by atoms with Gasteiger partial charge in [0.2, 0.25) is 0 Å². The van der Waals surface area contributed by atoms with Crippen LogP contribution in [-0.4, -0.2) is 9.55 Å². The van der Waals surface area contributed by atoms with Gasteiger partial charge in [0.25, 0.3) is 0 Å². The minimum absolute atomic E-state index is 0.649. The molecule has 0 amide bonds. The highest BCUT2D eigenvalue weighted by Crippen LogP contribution is 2.38. The summed E-state index contributed by atoms with van der Waals surface area (Å²) in [6.07, 6.45) is 6.28. The lowest BCUT2D eigenvalue weighted by Gasteiger charge is -2.14. The highest BCUT2D eigenvalue weighted by atomic mass is 15.1. The zero-order valence-electron chi connectivity index (χ0n) is 19.3. The van der Waals surface area contributed by atoms with Crippen LogP contribution in [-0.2, 0) is 6.54 Å². The highest BCUT2D eigenvalue weighted by molar-refractivity contribution is 5.87. The summed E-state index contributed by atoms with van der Waals surface area (Å²) in [5.41, 5.74) is 8.09. The molecule has 0 radical (unpaired) electrons. The molecule has 3 aromatic carbocycles. The summed E-state index contributed by atoms with van der Waals surface area (Å²) in [6, 6.07) is 28.8. The molecule has 33 heavy (non-hydrogen) atoms. The van der Waals surface area contributed by atoms with Gasteiger partial charge in [-0.05, 0) is 49.6 Å². The third-order valence-corrected chi connectivity index (χ3v) is 5.73. The van der Waals surface area contributed by atoms with E-state index >= 15 is 0 Å². The average Bonchev–Trinajstić information content (AvgIpc) is 3.27. The highest BCUT2D eigenvalue weighted by Gasteiger charge is 2.22. The van der Waals surface area contributed by atoms with E-state index < -0.39 is 0 Å². The van der Waals surface area contributed by atoms with Crippen LogP contribution in [0.5, 0.6) is 0 Å². The number of imidazole rings is 1. The first-order chi connectivity index (χ1) is 16.2. The quantitative estimate of drug-likeness (QED) is 0.294. The van der Waals surface area contributed by atoms with Gasteiger partial charge in [-0.25, -0.2) is 4.98 Å². The first-order valence-electron chi connectivity index (χ1n) is 11.3. The summed E-state index contributed by atoms with van der Waals surface area (Å²) < 4.78 is 2.30. The summed E-state index contributed by atoms with van der Waals surface area (Å²) in [4.78, 5) is 5.22. The molecular formula is C30H27N3. The smallest absolute Gasteiger partial charge is 0.141 e. The first kappa shape index (κ1) is 22.0. The van der Waals surface area contributed by atoms with Crippen molar-refractivity contribution in [1.29, 1.82) is 5.26 Å². The second-order valence-electron chi connectivity index (χ2n) is 7.73. The Hall–Kier alpha value is -4.16. The molecule has 4 rings (SSSR count). The molecule has 0 aliphatic carbocycles. The summed E-state index contributed by atoms with van der Waals surface area (Å²) in [6.45, 7) is 7.02. The van der Waals surface area contributed by atoms with E-state index in [4.69, 9.17) is 4.98 Å². The van der Waals surface area contributed by atoms with E-state index in [1.165, 1.54) is 0 Å². The monoisotopic (exact) mass is 429 g/mol. The standard InChI is InChI=1S/C30H27N3/c1-4-13-23(5-2)28-29(24-15-8-7-9-16-24)33(6-3)30(32-28)27-19-11-10-18-26(27)25-17-12-14-22(20-25)21-31/h4-5,7-20H,6H2,1-3H3/b13-4-,23-5+. The van der Waals surface area contributed by atoms with Gasteiger partial charge >= 0.3 is 0 Å². The van der Waals surface area contributed by atoms with Crippen LogP contribution in [0.3, 0.4) is 0 Å². The van der Waals surface area contributed by atoms with Crippen molar-refractivity contribution in [3.8, 4) is 39.8 Å². The molecule has 0 saturated carbocycles. The molecule has 0 bridgehead atoms. The van der Waals surface area contributed by atoms with Gasteiger partial charge in [0.1, 0.15) is 5.82 Å². The molecule has 0 fully saturated rings. The Morgan fingerprint density at radius 1 is 0.909 bits per heavy atom. The summed E-state index contributed by atoms with van der Waals surface area (Å²) >= 11 is 0. The molecule has 0 unspecified atom stereocenters. The molecule has 162 valence electrons. The number of aromatic nitrogens is 2. The fourth-order valence-electron chi connectivity index (χ4n) is 4.23. The molecule has 0 atom stereocenters. The van der Waals surface area contributed by atoms with Crippen LogP contribution in [0.25, 0.3) is 39.3 Å². The fraction of sp³-hybridized carbons (Fsp3) is 0.133. The molecule has 3 nitrogen and oxygen atoms in total. The van der Waals surface area contributed by atoms with Gasteiger partial charge < -0.3 is 4.57 Å². The number of hydrogen-bond acceptors (Lipinski definition) is 2. The molecule has 0 aliphatic rings. The summed E-state index contributed by atoms with van der Waals surface area (Å²) in [5, 5.41) is 9.40. The first-order valence-corrected chi connectivity index (χ1v) is 11.3. The van der Waals surface area contributed by atoms with Gasteiger partial charge in [-0.1, -0.05) is 85.0 Å². The Kier molecular flexibility index (Phi) is 6.66. The average molecular weight is 430 g/mol. The number of nitriles is 1. The Morgan fingerprint density at radius 3 is 2.27 bits per heavy atom. The minimum atomic E-state index is 0.649. The van der Waals surface area contributed by atoms with E-state index in [9.17, 15) is 5.26 Å². The Morgan fingerprint density at radius 2 is 1.61 bits per heavy atom. The van der Waals surface area contributed by atoms with Crippen molar-refractivity contribution in [2.75, 3.05) is 0 Å². The molecule has 0 spiro atoms. The van der Waals surface area contributed by atoms with Crippen LogP contribution in [0, 0.1) is 11.3 Å². The van der Waals surface area contributed by atoms with Crippen molar-refractivity contribution >= 4 is 5.57 Å². The number of allylic oxidation sites excluding steroid dienone is 4. The normalized spacial score (nSPS) is 11.6. The van der Waals surface area contributed by atoms with Crippen molar-refractivity contribution < 1.29 is 0 Å². The van der Waals surface area contributed by atoms with Crippen LogP contribution in [0.15, 0.2) is 97.1 Å². The molecule has 1 heterocycles. The van der Waals surface area contributed by atoms with Gasteiger partial charge in [-0.3, -0.25) is 0 Å². The SMILES string of the molecule is C/C=C\C(=C/C)c1nc(-c2ccccc2-c2cccc(C#N)c2)n(CC)c1-c1ccccc1. The van der Waals surface area contributed by atoms with Crippen LogP contribution < -0.4 is 0 Å². The van der Waals surface area contributed by atoms with E-state index in [1.54, 1.807) is 0 Å². The topological polar surface area (TPSA) is 41.6 Å². The van der Waals surface area contributed by atoms with Crippen molar-refractivity contribution in [3.63, 3.8) is 0 Å². The maximum absolute atomic E-state index is 9.40. The van der Waals surface area contributed by atoms with Crippen molar-refractivity contribution in [2.45, 2.75) is 27.3 Å². The van der Waals surface area contributed by atoms with Gasteiger partial charge in [0.05, 0.1) is 23.0 Å². The van der Waals surface area contributed by atoms with Crippen LogP contribution >= 0.6 is 0 Å². The Labute approximate surface area is 196 Å². The van der Waals surface area contributed by atoms with Gasteiger partial charge in [-0.2, -0.15) is 5.26 Å². The molecule has 3 heteroatoms. The van der Waals surface area contributed by atoms with E-state index in [1.807, 2.05) is 43.3 Å². The predicted octanol–water partition coefficient (Wildman–Crippen LogP) is 7.76. The van der Waals surface area contributed by atoms with Gasteiger partial charge in [-0.15, -0.1) is 0 Å². The van der Waals surface area contributed by atoms with E-state index in [-0.39, 0.29) is 0 Å². The Balaban J connectivity index is 2.03. The summed E-state index contributed by atoms with van der Waals surface area (Å²) in [7, 11) is 0. The van der Waals surface area contributed by atoms with Crippen LogP contribution in [0.4, 0.5) is 0 Å². The number of benzene rings is 3. The third-order valence-electron chi connectivity index (χ3n) is 5.73. The molecule has 0 aliphatic heterocycles. The second kappa shape index (κ2) is 9.97. The molecular weight excluding hydrogens is 402 g/mol. The van der Waals surface area contributed by atoms with Crippen molar-refractivity contribution in [2.24, 2.45) is 0 Å². The predicted molar refractivity (Wildman–Crippen MR) is 137 cm³/mol. The molecule has 1 aromatic heterocycles. The minimum Gasteiger partial charge on any atom is -0.324 e. The van der Waals surface area contributed by atoms with Gasteiger partial charge in [0, 0.05) is 17.7 Å². The second-order valence-corrected chi connectivity index (χ2v) is 7.73. The number of nitrogens with zero attached hydrogens (tertiary/aromatic N) is 3. The molecule has 0 N–H and O–H groups in total. The largest absolute Gasteiger partial charge is 0.324 e. The van der Waals surface area contributed by atoms with E-state index in [0.29, 0.717) is 5.56 Å². The van der Waals surface area contributed by atoms with E-state index in [2.05, 4.69) is 85.2 Å². The fourth-order valence-corrected chi connectivity index (χ4v) is 4.23. The van der Waals surface area contributed by atoms with Crippen molar-refractivity contribution in [3.05, 3.63) is 108 Å². The Bertz CT molecular complexity index is 1370. The van der Waals surface area contributed by atoms with Crippen molar-refractivity contribution in [1.82, 2.24) is 9.55 Å². The molecule has 4 aromatic rings. The maximum Gasteiger partial charge on any atom is 0.141 e. The zero-order valence-corrected chi connectivity index (χ0v) is 19.3. The van der Waals surface area contributed by atoms with Gasteiger partial charge in [0.15, 0.2) is 0 Å². The zero-order chi connectivity index (χ0) is 23.2. The van der Waals surface area contributed by atoms with E-state index in [0.717, 1.165) is 51.6 Å². The lowest BCUT2D eigenvalue weighted by molar-refractivity contribution is 0.778. The lowest BCUT2D eigenvalue weighted by Crippen LogP contribution is -2.01.